The SMILES string of the molecule is Cc1cc(C(F)(F)F)c(C#N)c(N2CCCC2C(=O)Nc2ccc(Br)cc2)n1. The van der Waals surface area contributed by atoms with Crippen LogP contribution < -0.4 is 10.2 Å². The molecule has 28 heavy (non-hydrogen) atoms. The summed E-state index contributed by atoms with van der Waals surface area (Å²) in [6, 6.07) is 8.76. The predicted octanol–water partition coefficient (Wildman–Crippen LogP) is 4.65. The van der Waals surface area contributed by atoms with Crippen molar-refractivity contribution in [3.63, 3.8) is 0 Å². The molecule has 2 aromatic rings. The molecule has 1 fully saturated rings. The summed E-state index contributed by atoms with van der Waals surface area (Å²) in [4.78, 5) is 18.4. The van der Waals surface area contributed by atoms with Crippen molar-refractivity contribution in [3.8, 4) is 6.07 Å². The van der Waals surface area contributed by atoms with E-state index in [4.69, 9.17) is 0 Å². The lowest BCUT2D eigenvalue weighted by molar-refractivity contribution is -0.137. The topological polar surface area (TPSA) is 69.0 Å². The average Bonchev–Trinajstić information content (AvgIpc) is 3.12. The molecule has 0 aliphatic carbocycles. The van der Waals surface area contributed by atoms with Gasteiger partial charge in [0.15, 0.2) is 0 Å². The molecule has 9 heteroatoms. The Hall–Kier alpha value is -2.60. The fourth-order valence-corrected chi connectivity index (χ4v) is 3.51. The van der Waals surface area contributed by atoms with E-state index < -0.39 is 23.3 Å². The van der Waals surface area contributed by atoms with Gasteiger partial charge in [-0.15, -0.1) is 0 Å². The van der Waals surface area contributed by atoms with Crippen molar-refractivity contribution in [1.29, 1.82) is 5.26 Å². The highest BCUT2D eigenvalue weighted by molar-refractivity contribution is 9.10. The van der Waals surface area contributed by atoms with Crippen LogP contribution in [0.2, 0.25) is 0 Å². The van der Waals surface area contributed by atoms with Gasteiger partial charge in [0.2, 0.25) is 5.91 Å². The maximum absolute atomic E-state index is 13.4. The molecule has 1 unspecified atom stereocenters. The first-order valence-corrected chi connectivity index (χ1v) is 9.32. The number of alkyl halides is 3. The van der Waals surface area contributed by atoms with Crippen LogP contribution in [0.25, 0.3) is 0 Å². The number of rotatable bonds is 3. The molecule has 1 saturated heterocycles. The van der Waals surface area contributed by atoms with Gasteiger partial charge in [-0.1, -0.05) is 15.9 Å². The van der Waals surface area contributed by atoms with E-state index in [-0.39, 0.29) is 17.4 Å². The molecule has 0 spiro atoms. The van der Waals surface area contributed by atoms with E-state index in [1.54, 1.807) is 30.3 Å². The number of carbonyl (C=O) groups is 1. The Morgan fingerprint density at radius 2 is 2.04 bits per heavy atom. The number of nitrogens with zero attached hydrogens (tertiary/aromatic N) is 3. The zero-order valence-corrected chi connectivity index (χ0v) is 16.4. The van der Waals surface area contributed by atoms with Crippen molar-refractivity contribution in [1.82, 2.24) is 4.98 Å². The number of pyridine rings is 1. The molecule has 2 heterocycles. The van der Waals surface area contributed by atoms with E-state index in [0.717, 1.165) is 10.5 Å². The van der Waals surface area contributed by atoms with Crippen molar-refractivity contribution in [3.05, 3.63) is 51.6 Å². The number of aromatic nitrogens is 1. The molecule has 3 rings (SSSR count). The van der Waals surface area contributed by atoms with Gasteiger partial charge in [-0.05, 0) is 50.1 Å². The first-order chi connectivity index (χ1) is 13.2. The van der Waals surface area contributed by atoms with Crippen LogP contribution in [0.1, 0.15) is 29.7 Å². The number of nitrogens with one attached hydrogen (secondary N) is 1. The average molecular weight is 453 g/mol. The first kappa shape index (κ1) is 20.1. The van der Waals surface area contributed by atoms with Gasteiger partial charge in [-0.25, -0.2) is 4.98 Å². The quantitative estimate of drug-likeness (QED) is 0.735. The summed E-state index contributed by atoms with van der Waals surface area (Å²) in [6.45, 7) is 1.79. The summed E-state index contributed by atoms with van der Waals surface area (Å²) in [5.74, 6) is -0.441. The third-order valence-electron chi connectivity index (χ3n) is 4.48. The third-order valence-corrected chi connectivity index (χ3v) is 5.01. The summed E-state index contributed by atoms with van der Waals surface area (Å²) in [7, 11) is 0. The maximum Gasteiger partial charge on any atom is 0.417 e. The van der Waals surface area contributed by atoms with Gasteiger partial charge in [-0.3, -0.25) is 4.79 Å². The van der Waals surface area contributed by atoms with Crippen LogP contribution in [0, 0.1) is 18.3 Å². The minimum Gasteiger partial charge on any atom is -0.343 e. The molecule has 0 saturated carbocycles. The standard InChI is InChI=1S/C19H16BrF3N4O/c1-11-9-15(19(21,22)23)14(10-24)17(25-11)27-8-2-3-16(27)18(28)26-13-6-4-12(20)5-7-13/h4-7,9,16H,2-3,8H2,1H3,(H,26,28). The zero-order valence-electron chi connectivity index (χ0n) is 14.8. The number of benzene rings is 1. The van der Waals surface area contributed by atoms with Gasteiger partial charge < -0.3 is 10.2 Å². The van der Waals surface area contributed by atoms with Crippen LogP contribution in [0.5, 0.6) is 0 Å². The number of anilines is 2. The zero-order chi connectivity index (χ0) is 20.5. The van der Waals surface area contributed by atoms with Crippen molar-refractivity contribution in [2.24, 2.45) is 0 Å². The second kappa shape index (κ2) is 7.80. The Kier molecular flexibility index (Phi) is 5.61. The van der Waals surface area contributed by atoms with Crippen molar-refractivity contribution in [2.45, 2.75) is 32.0 Å². The lowest BCUT2D eigenvalue weighted by atomic mass is 10.1. The Balaban J connectivity index is 1.94. The Morgan fingerprint density at radius 1 is 1.36 bits per heavy atom. The van der Waals surface area contributed by atoms with Crippen LogP contribution in [-0.2, 0) is 11.0 Å². The molecule has 5 nitrogen and oxygen atoms in total. The number of hydrogen-bond acceptors (Lipinski definition) is 4. The largest absolute Gasteiger partial charge is 0.417 e. The van der Waals surface area contributed by atoms with Crippen LogP contribution in [0.4, 0.5) is 24.7 Å². The highest BCUT2D eigenvalue weighted by Crippen LogP contribution is 2.37. The van der Waals surface area contributed by atoms with Gasteiger partial charge in [0.25, 0.3) is 0 Å². The molecule has 1 aliphatic rings. The van der Waals surface area contributed by atoms with E-state index in [0.29, 0.717) is 25.1 Å². The van der Waals surface area contributed by atoms with Crippen molar-refractivity contribution < 1.29 is 18.0 Å². The van der Waals surface area contributed by atoms with Gasteiger partial charge in [-0.2, -0.15) is 18.4 Å². The molecule has 1 aromatic heterocycles. The second-order valence-corrected chi connectivity index (χ2v) is 7.38. The Morgan fingerprint density at radius 3 is 2.64 bits per heavy atom. The number of carbonyl (C=O) groups excluding carboxylic acids is 1. The minimum atomic E-state index is -4.68. The predicted molar refractivity (Wildman–Crippen MR) is 102 cm³/mol. The van der Waals surface area contributed by atoms with Crippen LogP contribution >= 0.6 is 15.9 Å². The summed E-state index contributed by atoms with van der Waals surface area (Å²) in [6.07, 6.45) is -3.60. The smallest absolute Gasteiger partial charge is 0.343 e. The molecule has 1 atom stereocenters. The molecule has 1 aromatic carbocycles. The minimum absolute atomic E-state index is 0.0942. The van der Waals surface area contributed by atoms with E-state index in [9.17, 15) is 23.2 Å². The molecular weight excluding hydrogens is 437 g/mol. The first-order valence-electron chi connectivity index (χ1n) is 8.52. The number of nitriles is 1. The molecule has 1 aliphatic heterocycles. The molecule has 0 radical (unpaired) electrons. The maximum atomic E-state index is 13.4. The molecule has 146 valence electrons. The number of amides is 1. The van der Waals surface area contributed by atoms with E-state index in [1.165, 1.54) is 11.8 Å². The third kappa shape index (κ3) is 4.12. The molecule has 1 amide bonds. The van der Waals surface area contributed by atoms with E-state index >= 15 is 0 Å². The number of hydrogen-bond donors (Lipinski definition) is 1. The lowest BCUT2D eigenvalue weighted by Crippen LogP contribution is -2.40. The van der Waals surface area contributed by atoms with Gasteiger partial charge >= 0.3 is 6.18 Å². The van der Waals surface area contributed by atoms with Crippen LogP contribution in [-0.4, -0.2) is 23.5 Å². The van der Waals surface area contributed by atoms with E-state index in [2.05, 4.69) is 26.2 Å². The van der Waals surface area contributed by atoms with Crippen molar-refractivity contribution >= 4 is 33.3 Å². The Labute approximate surface area is 168 Å². The van der Waals surface area contributed by atoms with Gasteiger partial charge in [0.1, 0.15) is 23.5 Å². The molecule has 0 bridgehead atoms. The van der Waals surface area contributed by atoms with Gasteiger partial charge in [0.05, 0.1) is 5.56 Å². The monoisotopic (exact) mass is 452 g/mol. The number of aryl methyl sites for hydroxylation is 1. The fraction of sp³-hybridized carbons (Fsp3) is 0.316. The Bertz CT molecular complexity index is 938. The summed E-state index contributed by atoms with van der Waals surface area (Å²) < 4.78 is 41.0. The fourth-order valence-electron chi connectivity index (χ4n) is 3.25. The molecular formula is C19H16BrF3N4O. The summed E-state index contributed by atoms with van der Waals surface area (Å²) in [5.41, 5.74) is -0.869. The number of halogens is 4. The van der Waals surface area contributed by atoms with E-state index in [1.807, 2.05) is 0 Å². The van der Waals surface area contributed by atoms with Crippen molar-refractivity contribution in [2.75, 3.05) is 16.8 Å². The molecule has 1 N–H and O–H groups in total. The van der Waals surface area contributed by atoms with Crippen LogP contribution in [0.15, 0.2) is 34.8 Å². The lowest BCUT2D eigenvalue weighted by Gasteiger charge is -2.27. The highest BCUT2D eigenvalue weighted by Gasteiger charge is 2.39. The highest BCUT2D eigenvalue weighted by atomic mass is 79.9. The van der Waals surface area contributed by atoms with Gasteiger partial charge in [0, 0.05) is 22.4 Å². The second-order valence-electron chi connectivity index (χ2n) is 6.47. The normalized spacial score (nSPS) is 16.7. The summed E-state index contributed by atoms with van der Waals surface area (Å²) in [5, 5.41) is 12.2. The van der Waals surface area contributed by atoms with Crippen LogP contribution in [0.3, 0.4) is 0 Å². The summed E-state index contributed by atoms with van der Waals surface area (Å²) >= 11 is 3.31.